The van der Waals surface area contributed by atoms with Crippen LogP contribution in [0.5, 0.6) is 0 Å². The minimum absolute atomic E-state index is 0.0305. The number of carbonyl (C=O) groups excluding carboxylic acids is 3. The Morgan fingerprint density at radius 2 is 1.57 bits per heavy atom. The van der Waals surface area contributed by atoms with Crippen LogP contribution in [-0.2, 0) is 23.9 Å². The number of fused-ring (bicyclic) bond motifs is 5. The number of ketones is 1. The predicted molar refractivity (Wildman–Crippen MR) is 132 cm³/mol. The van der Waals surface area contributed by atoms with Crippen LogP contribution in [0.4, 0.5) is 0 Å². The van der Waals surface area contributed by atoms with Crippen LogP contribution in [0.1, 0.15) is 85.5 Å². The van der Waals surface area contributed by atoms with E-state index in [0.29, 0.717) is 35.9 Å². The molecule has 4 aliphatic rings. The normalized spacial score (nSPS) is 43.7. The molecule has 10 atom stereocenters. The van der Waals surface area contributed by atoms with E-state index in [-0.39, 0.29) is 34.7 Å². The second-order valence-electron chi connectivity index (χ2n) is 12.7. The molecule has 0 aliphatic heterocycles. The van der Waals surface area contributed by atoms with Gasteiger partial charge in [-0.3, -0.25) is 14.4 Å². The van der Waals surface area contributed by atoms with Crippen LogP contribution in [0.2, 0.25) is 0 Å². The van der Waals surface area contributed by atoms with Gasteiger partial charge >= 0.3 is 11.9 Å². The van der Waals surface area contributed by atoms with Crippen LogP contribution in [-0.4, -0.2) is 43.2 Å². The highest BCUT2D eigenvalue weighted by Gasteiger charge is 2.65. The van der Waals surface area contributed by atoms with Gasteiger partial charge < -0.3 is 14.6 Å². The molecule has 4 unspecified atom stereocenters. The van der Waals surface area contributed by atoms with Crippen molar-refractivity contribution < 1.29 is 29.0 Å². The molecule has 35 heavy (non-hydrogen) atoms. The Kier molecular flexibility index (Phi) is 7.45. The van der Waals surface area contributed by atoms with Gasteiger partial charge in [-0.15, -0.1) is 0 Å². The van der Waals surface area contributed by atoms with Crippen LogP contribution in [0.3, 0.4) is 0 Å². The van der Waals surface area contributed by atoms with E-state index in [1.807, 2.05) is 0 Å². The van der Waals surface area contributed by atoms with Gasteiger partial charge in [-0.2, -0.15) is 0 Å². The topological polar surface area (TPSA) is 89.9 Å². The zero-order valence-corrected chi connectivity index (χ0v) is 22.5. The van der Waals surface area contributed by atoms with Gasteiger partial charge in [0.25, 0.3) is 0 Å². The standard InChI is InChI=1S/C29H46O6/c1-7-18-23-15-17(30)10-12-29(23,4)22-11-13-28(3)20(8-9-21(28)24(22)25(18)31)16(2)14-19(26(32)34-5)27(33)35-6/h16-24,30H,7-15H2,1-6H3/t16-,17-,18-,20?,21?,22?,23+,24?,28-,29-/m1/s1. The van der Waals surface area contributed by atoms with Crippen LogP contribution < -0.4 is 0 Å². The molecular formula is C29H46O6. The maximum atomic E-state index is 14.1. The van der Waals surface area contributed by atoms with Gasteiger partial charge in [-0.1, -0.05) is 27.7 Å². The summed E-state index contributed by atoms with van der Waals surface area (Å²) < 4.78 is 9.81. The molecule has 1 N–H and O–H groups in total. The van der Waals surface area contributed by atoms with E-state index >= 15 is 0 Å². The fourth-order valence-corrected chi connectivity index (χ4v) is 9.72. The van der Waals surface area contributed by atoms with Crippen molar-refractivity contribution in [3.05, 3.63) is 0 Å². The number of Topliss-reactive ketones (excluding diaryl/α,β-unsaturated/α-hetero) is 1. The Hall–Kier alpha value is -1.43. The number of hydrogen-bond donors (Lipinski definition) is 1. The van der Waals surface area contributed by atoms with Gasteiger partial charge in [0.05, 0.1) is 20.3 Å². The van der Waals surface area contributed by atoms with Crippen molar-refractivity contribution >= 4 is 17.7 Å². The first-order chi connectivity index (χ1) is 16.5. The molecule has 4 fully saturated rings. The summed E-state index contributed by atoms with van der Waals surface area (Å²) >= 11 is 0. The smallest absolute Gasteiger partial charge is 0.320 e. The van der Waals surface area contributed by atoms with E-state index in [1.165, 1.54) is 14.2 Å². The maximum Gasteiger partial charge on any atom is 0.320 e. The molecule has 0 aromatic heterocycles. The lowest BCUT2D eigenvalue weighted by Crippen LogP contribution is -2.60. The lowest BCUT2D eigenvalue weighted by molar-refractivity contribution is -0.173. The average Bonchev–Trinajstić information content (AvgIpc) is 3.20. The van der Waals surface area contributed by atoms with E-state index in [1.54, 1.807) is 0 Å². The van der Waals surface area contributed by atoms with Gasteiger partial charge in [-0.05, 0) is 98.2 Å². The number of rotatable bonds is 6. The van der Waals surface area contributed by atoms with E-state index in [2.05, 4.69) is 27.7 Å². The zero-order chi connectivity index (χ0) is 25.7. The van der Waals surface area contributed by atoms with E-state index in [9.17, 15) is 19.5 Å². The molecule has 4 aliphatic carbocycles. The summed E-state index contributed by atoms with van der Waals surface area (Å²) in [7, 11) is 2.63. The first-order valence-electron chi connectivity index (χ1n) is 13.9. The summed E-state index contributed by atoms with van der Waals surface area (Å²) in [5, 5.41) is 10.5. The molecule has 6 heteroatoms. The van der Waals surface area contributed by atoms with Crippen molar-refractivity contribution in [3.8, 4) is 0 Å². The van der Waals surface area contributed by atoms with Crippen molar-refractivity contribution in [3.63, 3.8) is 0 Å². The van der Waals surface area contributed by atoms with Crippen LogP contribution in [0.15, 0.2) is 0 Å². The van der Waals surface area contributed by atoms with Crippen molar-refractivity contribution in [2.24, 2.45) is 58.2 Å². The second-order valence-corrected chi connectivity index (χ2v) is 12.7. The molecule has 0 heterocycles. The number of aliphatic hydroxyl groups is 1. The van der Waals surface area contributed by atoms with Gasteiger partial charge in [0.1, 0.15) is 5.78 Å². The third-order valence-corrected chi connectivity index (χ3v) is 11.5. The fourth-order valence-electron chi connectivity index (χ4n) is 9.72. The lowest BCUT2D eigenvalue weighted by Gasteiger charge is -2.62. The summed E-state index contributed by atoms with van der Waals surface area (Å²) in [6.07, 6.45) is 7.87. The molecule has 4 saturated carbocycles. The number of methoxy groups -OCH3 is 2. The first-order valence-corrected chi connectivity index (χ1v) is 13.9. The molecule has 0 radical (unpaired) electrons. The van der Waals surface area contributed by atoms with Crippen molar-refractivity contribution in [1.82, 2.24) is 0 Å². The lowest BCUT2D eigenvalue weighted by atomic mass is 9.42. The number of carbonyl (C=O) groups is 3. The summed E-state index contributed by atoms with van der Waals surface area (Å²) in [4.78, 5) is 38.8. The number of esters is 2. The van der Waals surface area contributed by atoms with E-state index in [4.69, 9.17) is 9.47 Å². The van der Waals surface area contributed by atoms with Crippen molar-refractivity contribution in [1.29, 1.82) is 0 Å². The van der Waals surface area contributed by atoms with Gasteiger partial charge in [-0.25, -0.2) is 0 Å². The highest BCUT2D eigenvalue weighted by Crippen LogP contribution is 2.68. The Bertz CT molecular complexity index is 823. The Morgan fingerprint density at radius 1 is 0.971 bits per heavy atom. The third kappa shape index (κ3) is 4.16. The first kappa shape index (κ1) is 26.6. The Balaban J connectivity index is 1.60. The zero-order valence-electron chi connectivity index (χ0n) is 22.5. The predicted octanol–water partition coefficient (Wildman–Crippen LogP) is 4.81. The minimum Gasteiger partial charge on any atom is -0.468 e. The van der Waals surface area contributed by atoms with Crippen LogP contribution in [0, 0.1) is 58.2 Å². The number of ether oxygens (including phenoxy) is 2. The summed E-state index contributed by atoms with van der Waals surface area (Å²) in [6.45, 7) is 9.10. The highest BCUT2D eigenvalue weighted by molar-refractivity contribution is 5.94. The summed E-state index contributed by atoms with van der Waals surface area (Å²) in [5.41, 5.74) is 0.160. The average molecular weight is 491 g/mol. The molecular weight excluding hydrogens is 444 g/mol. The quantitative estimate of drug-likeness (QED) is 0.424. The molecule has 0 saturated heterocycles. The summed E-state index contributed by atoms with van der Waals surface area (Å²) in [6, 6.07) is 0. The summed E-state index contributed by atoms with van der Waals surface area (Å²) in [5.74, 6) is 0.227. The minimum atomic E-state index is -0.895. The second kappa shape index (κ2) is 9.79. The van der Waals surface area contributed by atoms with Gasteiger partial charge in [0, 0.05) is 11.8 Å². The van der Waals surface area contributed by atoms with Crippen molar-refractivity contribution in [2.45, 2.75) is 91.6 Å². The Morgan fingerprint density at radius 3 is 2.17 bits per heavy atom. The molecule has 0 aromatic rings. The number of hydrogen-bond acceptors (Lipinski definition) is 6. The Labute approximate surface area is 210 Å². The van der Waals surface area contributed by atoms with E-state index in [0.717, 1.165) is 51.4 Å². The van der Waals surface area contributed by atoms with Crippen molar-refractivity contribution in [2.75, 3.05) is 14.2 Å². The maximum absolute atomic E-state index is 14.1. The molecule has 0 spiro atoms. The largest absolute Gasteiger partial charge is 0.468 e. The molecule has 0 aromatic carbocycles. The molecule has 6 nitrogen and oxygen atoms in total. The SMILES string of the molecule is CC[C@H]1C(=O)C2C3CCC([C@H](C)CC(C(=O)OC)C(=O)OC)[C@@]3(C)CCC2[C@@]2(C)CC[C@@H](O)C[C@@H]12. The van der Waals surface area contributed by atoms with Gasteiger partial charge in [0.2, 0.25) is 0 Å². The monoisotopic (exact) mass is 490 g/mol. The van der Waals surface area contributed by atoms with Gasteiger partial charge in [0.15, 0.2) is 5.92 Å². The molecule has 0 amide bonds. The third-order valence-electron chi connectivity index (χ3n) is 11.5. The van der Waals surface area contributed by atoms with Crippen LogP contribution >= 0.6 is 0 Å². The number of aliphatic hydroxyl groups excluding tert-OH is 1. The molecule has 0 bridgehead atoms. The molecule has 198 valence electrons. The van der Waals surface area contributed by atoms with Crippen LogP contribution in [0.25, 0.3) is 0 Å². The fraction of sp³-hybridized carbons (Fsp3) is 0.897. The van der Waals surface area contributed by atoms with E-state index < -0.39 is 17.9 Å². The highest BCUT2D eigenvalue weighted by atomic mass is 16.5. The molecule has 4 rings (SSSR count).